The largest absolute Gasteiger partial charge is 0.417 e. The number of hydrogen-bond acceptors (Lipinski definition) is 2. The SMILES string of the molecule is NC(=NC(=O)c1cnccc1C(F)(F)F)c1ccccc1. The predicted molar refractivity (Wildman–Crippen MR) is 70.7 cm³/mol. The number of hydrogen-bond donors (Lipinski definition) is 1. The van der Waals surface area contributed by atoms with Crippen molar-refractivity contribution in [3.63, 3.8) is 0 Å². The van der Waals surface area contributed by atoms with E-state index in [1.807, 2.05) is 0 Å². The van der Waals surface area contributed by atoms with Crippen LogP contribution in [0.1, 0.15) is 21.5 Å². The molecule has 2 N–H and O–H groups in total. The molecule has 7 heteroatoms. The van der Waals surface area contributed by atoms with Crippen LogP contribution in [0.4, 0.5) is 13.2 Å². The van der Waals surface area contributed by atoms with Crippen LogP contribution in [0.5, 0.6) is 0 Å². The van der Waals surface area contributed by atoms with Gasteiger partial charge in [0.1, 0.15) is 5.84 Å². The number of nitrogens with zero attached hydrogens (tertiary/aromatic N) is 2. The zero-order valence-electron chi connectivity index (χ0n) is 10.6. The number of aliphatic imine (C=N–C) groups is 1. The van der Waals surface area contributed by atoms with Crippen molar-refractivity contribution in [2.75, 3.05) is 0 Å². The molecule has 108 valence electrons. The Hall–Kier alpha value is -2.70. The van der Waals surface area contributed by atoms with Crippen LogP contribution in [0.2, 0.25) is 0 Å². The van der Waals surface area contributed by atoms with Gasteiger partial charge < -0.3 is 5.73 Å². The van der Waals surface area contributed by atoms with Crippen molar-refractivity contribution in [3.8, 4) is 0 Å². The molecule has 0 bridgehead atoms. The maximum absolute atomic E-state index is 12.8. The number of carbonyl (C=O) groups excluding carboxylic acids is 1. The number of nitrogens with two attached hydrogens (primary N) is 1. The van der Waals surface area contributed by atoms with E-state index in [0.717, 1.165) is 18.5 Å². The Morgan fingerprint density at radius 2 is 1.81 bits per heavy atom. The molecule has 0 unspecified atom stereocenters. The maximum atomic E-state index is 12.8. The number of aromatic nitrogens is 1. The minimum atomic E-state index is -4.66. The summed E-state index contributed by atoms with van der Waals surface area (Å²) in [6.07, 6.45) is -2.87. The van der Waals surface area contributed by atoms with Gasteiger partial charge >= 0.3 is 6.18 Å². The summed E-state index contributed by atoms with van der Waals surface area (Å²) in [4.78, 5) is 18.9. The molecule has 1 aromatic carbocycles. The average molecular weight is 293 g/mol. The zero-order valence-corrected chi connectivity index (χ0v) is 10.6. The Balaban J connectivity index is 2.38. The van der Waals surface area contributed by atoms with Gasteiger partial charge in [0.15, 0.2) is 0 Å². The highest BCUT2D eigenvalue weighted by atomic mass is 19.4. The summed E-state index contributed by atoms with van der Waals surface area (Å²) in [6, 6.07) is 9.00. The van der Waals surface area contributed by atoms with E-state index >= 15 is 0 Å². The average Bonchev–Trinajstić information content (AvgIpc) is 2.47. The minimum absolute atomic E-state index is 0.155. The molecule has 1 heterocycles. The topological polar surface area (TPSA) is 68.3 Å². The van der Waals surface area contributed by atoms with Gasteiger partial charge in [0.25, 0.3) is 5.91 Å². The van der Waals surface area contributed by atoms with E-state index in [1.54, 1.807) is 30.3 Å². The summed E-state index contributed by atoms with van der Waals surface area (Å²) in [5.74, 6) is -1.24. The second-order valence-electron chi connectivity index (χ2n) is 4.09. The lowest BCUT2D eigenvalue weighted by atomic mass is 10.1. The number of benzene rings is 1. The molecule has 21 heavy (non-hydrogen) atoms. The van der Waals surface area contributed by atoms with Gasteiger partial charge in [0, 0.05) is 18.0 Å². The molecule has 0 saturated carbocycles. The number of carbonyl (C=O) groups is 1. The second-order valence-corrected chi connectivity index (χ2v) is 4.09. The van der Waals surface area contributed by atoms with Gasteiger partial charge in [-0.1, -0.05) is 30.3 Å². The van der Waals surface area contributed by atoms with Gasteiger partial charge in [-0.3, -0.25) is 9.78 Å². The third kappa shape index (κ3) is 3.44. The molecule has 0 radical (unpaired) electrons. The minimum Gasteiger partial charge on any atom is -0.383 e. The summed E-state index contributed by atoms with van der Waals surface area (Å²) >= 11 is 0. The molecule has 2 aromatic rings. The van der Waals surface area contributed by atoms with Crippen molar-refractivity contribution in [2.24, 2.45) is 10.7 Å². The van der Waals surface area contributed by atoms with Gasteiger partial charge in [0.2, 0.25) is 0 Å². The first-order chi connectivity index (χ1) is 9.89. The summed E-state index contributed by atoms with van der Waals surface area (Å²) < 4.78 is 38.4. The van der Waals surface area contributed by atoms with E-state index in [1.165, 1.54) is 0 Å². The maximum Gasteiger partial charge on any atom is 0.417 e. The van der Waals surface area contributed by atoms with Crippen LogP contribution in [0.3, 0.4) is 0 Å². The van der Waals surface area contributed by atoms with Gasteiger partial charge in [-0.25, -0.2) is 0 Å². The number of amides is 1. The molecule has 0 aliphatic heterocycles. The first kappa shape index (κ1) is 14.7. The fraction of sp³-hybridized carbons (Fsp3) is 0.0714. The number of pyridine rings is 1. The van der Waals surface area contributed by atoms with E-state index in [0.29, 0.717) is 5.56 Å². The van der Waals surface area contributed by atoms with E-state index in [2.05, 4.69) is 9.98 Å². The molecular weight excluding hydrogens is 283 g/mol. The highest BCUT2D eigenvalue weighted by Crippen LogP contribution is 2.31. The molecule has 0 fully saturated rings. The Labute approximate surface area is 118 Å². The lowest BCUT2D eigenvalue weighted by molar-refractivity contribution is -0.138. The van der Waals surface area contributed by atoms with Gasteiger partial charge in [-0.05, 0) is 6.07 Å². The lowest BCUT2D eigenvalue weighted by Crippen LogP contribution is -2.18. The van der Waals surface area contributed by atoms with E-state index in [4.69, 9.17) is 5.73 Å². The number of amidine groups is 1. The van der Waals surface area contributed by atoms with Crippen molar-refractivity contribution in [1.82, 2.24) is 4.98 Å². The standard InChI is InChI=1S/C14H10F3N3O/c15-14(16,17)11-6-7-19-8-10(11)13(21)20-12(18)9-4-2-1-3-5-9/h1-8H,(H2,18,20,21). The van der Waals surface area contributed by atoms with E-state index in [9.17, 15) is 18.0 Å². The first-order valence-corrected chi connectivity index (χ1v) is 5.84. The fourth-order valence-electron chi connectivity index (χ4n) is 1.66. The van der Waals surface area contributed by atoms with Crippen LogP contribution in [0.25, 0.3) is 0 Å². The molecular formula is C14H10F3N3O. The molecule has 0 spiro atoms. The molecule has 0 atom stereocenters. The van der Waals surface area contributed by atoms with Gasteiger partial charge in [-0.15, -0.1) is 0 Å². The summed E-state index contributed by atoms with van der Waals surface area (Å²) in [6.45, 7) is 0. The van der Waals surface area contributed by atoms with Gasteiger partial charge in [0.05, 0.1) is 11.1 Å². The van der Waals surface area contributed by atoms with Crippen LogP contribution in [-0.4, -0.2) is 16.7 Å². The summed E-state index contributed by atoms with van der Waals surface area (Å²) in [5.41, 5.74) is 4.34. The molecule has 1 amide bonds. The lowest BCUT2D eigenvalue weighted by Gasteiger charge is -2.09. The van der Waals surface area contributed by atoms with Crippen LogP contribution >= 0.6 is 0 Å². The molecule has 1 aromatic heterocycles. The number of rotatable bonds is 2. The Kier molecular flexibility index (Phi) is 4.02. The zero-order chi connectivity index (χ0) is 15.5. The molecule has 0 aliphatic rings. The normalized spacial score (nSPS) is 12.2. The monoisotopic (exact) mass is 293 g/mol. The molecule has 2 rings (SSSR count). The van der Waals surface area contributed by atoms with Crippen molar-refractivity contribution in [2.45, 2.75) is 6.18 Å². The Morgan fingerprint density at radius 1 is 1.14 bits per heavy atom. The van der Waals surface area contributed by atoms with Crippen molar-refractivity contribution in [3.05, 3.63) is 65.5 Å². The first-order valence-electron chi connectivity index (χ1n) is 5.84. The fourth-order valence-corrected chi connectivity index (χ4v) is 1.66. The van der Waals surface area contributed by atoms with Gasteiger partial charge in [-0.2, -0.15) is 18.2 Å². The Morgan fingerprint density at radius 3 is 2.43 bits per heavy atom. The highest BCUT2D eigenvalue weighted by molar-refractivity contribution is 6.09. The highest BCUT2D eigenvalue weighted by Gasteiger charge is 2.35. The van der Waals surface area contributed by atoms with Crippen molar-refractivity contribution >= 4 is 11.7 Å². The van der Waals surface area contributed by atoms with Crippen molar-refractivity contribution in [1.29, 1.82) is 0 Å². The van der Waals surface area contributed by atoms with Crippen LogP contribution in [-0.2, 0) is 6.18 Å². The van der Waals surface area contributed by atoms with E-state index < -0.39 is 23.2 Å². The van der Waals surface area contributed by atoms with Crippen molar-refractivity contribution < 1.29 is 18.0 Å². The summed E-state index contributed by atoms with van der Waals surface area (Å²) in [7, 11) is 0. The van der Waals surface area contributed by atoms with E-state index in [-0.39, 0.29) is 5.84 Å². The quantitative estimate of drug-likeness (QED) is 0.683. The van der Waals surface area contributed by atoms with Crippen LogP contribution in [0, 0.1) is 0 Å². The Bertz CT molecular complexity index is 681. The smallest absolute Gasteiger partial charge is 0.383 e. The molecule has 0 aliphatic carbocycles. The van der Waals surface area contributed by atoms with Crippen LogP contribution < -0.4 is 5.73 Å². The third-order valence-electron chi connectivity index (χ3n) is 2.65. The second kappa shape index (κ2) is 5.74. The third-order valence-corrected chi connectivity index (χ3v) is 2.65. The van der Waals surface area contributed by atoms with Crippen LogP contribution in [0.15, 0.2) is 53.8 Å². The number of alkyl halides is 3. The number of halogens is 3. The predicted octanol–water partition coefficient (Wildman–Crippen LogP) is 2.65. The molecule has 0 saturated heterocycles. The molecule has 4 nitrogen and oxygen atoms in total. The summed E-state index contributed by atoms with van der Waals surface area (Å²) in [5, 5.41) is 0.